The number of rotatable bonds is 1. The van der Waals surface area contributed by atoms with Gasteiger partial charge in [-0.1, -0.05) is 0 Å². The van der Waals surface area contributed by atoms with Crippen molar-refractivity contribution in [2.75, 3.05) is 26.2 Å². The predicted molar refractivity (Wildman–Crippen MR) is 80.2 cm³/mol. The van der Waals surface area contributed by atoms with Crippen molar-refractivity contribution in [1.82, 2.24) is 10.2 Å². The van der Waals surface area contributed by atoms with Crippen molar-refractivity contribution in [3.05, 3.63) is 32.9 Å². The van der Waals surface area contributed by atoms with E-state index in [1.807, 2.05) is 0 Å². The van der Waals surface area contributed by atoms with Crippen LogP contribution in [0.25, 0.3) is 0 Å². The van der Waals surface area contributed by atoms with E-state index < -0.39 is 11.7 Å². The van der Waals surface area contributed by atoms with Gasteiger partial charge in [0.25, 0.3) is 5.91 Å². The average molecular weight is 421 g/mol. The maximum absolute atomic E-state index is 12.7. The van der Waals surface area contributed by atoms with E-state index in [0.29, 0.717) is 29.7 Å². The molecule has 1 aromatic carbocycles. The van der Waals surface area contributed by atoms with Gasteiger partial charge in [0, 0.05) is 35.3 Å². The fourth-order valence-corrected chi connectivity index (χ4v) is 2.60. The van der Waals surface area contributed by atoms with Crippen LogP contribution < -0.4 is 5.32 Å². The van der Waals surface area contributed by atoms with Crippen molar-refractivity contribution in [2.24, 2.45) is 0 Å². The van der Waals surface area contributed by atoms with Crippen LogP contribution in [0.1, 0.15) is 15.9 Å². The number of carbonyl (C=O) groups is 1. The van der Waals surface area contributed by atoms with E-state index in [-0.39, 0.29) is 23.9 Å². The summed E-state index contributed by atoms with van der Waals surface area (Å²) in [6, 6.07) is 3.45. The summed E-state index contributed by atoms with van der Waals surface area (Å²) in [5, 5.41) is 3.09. The number of hydrogen-bond acceptors (Lipinski definition) is 2. The fraction of sp³-hybridized carbons (Fsp3) is 0.417. The summed E-state index contributed by atoms with van der Waals surface area (Å²) < 4.78 is 38.6. The Hall–Kier alpha value is -0.540. The van der Waals surface area contributed by atoms with Gasteiger partial charge in [-0.15, -0.1) is 12.4 Å². The highest BCUT2D eigenvalue weighted by atomic mass is 127. The lowest BCUT2D eigenvalue weighted by Gasteiger charge is -2.27. The molecule has 1 amide bonds. The molecule has 8 heteroatoms. The summed E-state index contributed by atoms with van der Waals surface area (Å²) in [6.07, 6.45) is -4.43. The molecule has 0 aromatic heterocycles. The molecule has 1 fully saturated rings. The molecule has 0 bridgehead atoms. The molecule has 2 rings (SSSR count). The summed E-state index contributed by atoms with van der Waals surface area (Å²) in [5.41, 5.74) is -0.681. The van der Waals surface area contributed by atoms with E-state index in [1.165, 1.54) is 6.07 Å². The highest BCUT2D eigenvalue weighted by molar-refractivity contribution is 14.1. The molecule has 1 aromatic rings. The van der Waals surface area contributed by atoms with Gasteiger partial charge in [0.05, 0.1) is 5.56 Å². The first-order chi connectivity index (χ1) is 8.88. The van der Waals surface area contributed by atoms with Gasteiger partial charge in [-0.3, -0.25) is 4.79 Å². The van der Waals surface area contributed by atoms with E-state index in [0.717, 1.165) is 12.1 Å². The summed E-state index contributed by atoms with van der Waals surface area (Å²) in [4.78, 5) is 13.7. The van der Waals surface area contributed by atoms with Crippen LogP contribution in [0.3, 0.4) is 0 Å². The molecular weight excluding hydrogens is 407 g/mol. The first-order valence-electron chi connectivity index (χ1n) is 5.76. The predicted octanol–water partition coefficient (Wildman–Crippen LogP) is 2.78. The van der Waals surface area contributed by atoms with Crippen molar-refractivity contribution in [3.63, 3.8) is 0 Å². The average Bonchev–Trinajstić information content (AvgIpc) is 2.37. The molecule has 0 spiro atoms. The number of nitrogens with one attached hydrogen (secondary N) is 1. The SMILES string of the molecule is Cl.O=C(c1cc(I)cc(C(F)(F)F)c1)N1CCNCC1. The first kappa shape index (κ1) is 17.5. The third-order valence-corrected chi connectivity index (χ3v) is 3.50. The number of amides is 1. The maximum Gasteiger partial charge on any atom is 0.416 e. The van der Waals surface area contributed by atoms with Crippen molar-refractivity contribution in [1.29, 1.82) is 0 Å². The van der Waals surface area contributed by atoms with Gasteiger partial charge in [0.2, 0.25) is 0 Å². The number of halogens is 5. The minimum atomic E-state index is -4.43. The van der Waals surface area contributed by atoms with Gasteiger partial charge in [0.1, 0.15) is 0 Å². The standard InChI is InChI=1S/C12H12F3IN2O.ClH/c13-12(14,15)9-5-8(6-10(16)7-9)11(19)18-3-1-17-2-4-18;/h5-7,17H,1-4H2;1H. The van der Waals surface area contributed by atoms with Crippen molar-refractivity contribution in [3.8, 4) is 0 Å². The van der Waals surface area contributed by atoms with E-state index in [4.69, 9.17) is 0 Å². The summed E-state index contributed by atoms with van der Waals surface area (Å²) in [6.45, 7) is 2.38. The van der Waals surface area contributed by atoms with Gasteiger partial charge >= 0.3 is 6.18 Å². The minimum Gasteiger partial charge on any atom is -0.336 e. The molecule has 1 saturated heterocycles. The first-order valence-corrected chi connectivity index (χ1v) is 6.83. The van der Waals surface area contributed by atoms with E-state index >= 15 is 0 Å². The largest absolute Gasteiger partial charge is 0.416 e. The van der Waals surface area contributed by atoms with Crippen molar-refractivity contribution >= 4 is 40.9 Å². The highest BCUT2D eigenvalue weighted by Crippen LogP contribution is 2.31. The van der Waals surface area contributed by atoms with Crippen LogP contribution >= 0.6 is 35.0 Å². The maximum atomic E-state index is 12.7. The second-order valence-corrected chi connectivity index (χ2v) is 5.51. The molecule has 1 aliphatic rings. The lowest BCUT2D eigenvalue weighted by molar-refractivity contribution is -0.137. The Kier molecular flexibility index (Phi) is 6.08. The molecule has 0 saturated carbocycles. The van der Waals surface area contributed by atoms with Gasteiger partial charge in [-0.2, -0.15) is 13.2 Å². The number of benzene rings is 1. The summed E-state index contributed by atoms with van der Waals surface area (Å²) in [7, 11) is 0. The van der Waals surface area contributed by atoms with Gasteiger partial charge in [-0.25, -0.2) is 0 Å². The van der Waals surface area contributed by atoms with Crippen LogP contribution in [-0.4, -0.2) is 37.0 Å². The van der Waals surface area contributed by atoms with Crippen LogP contribution in [0.15, 0.2) is 18.2 Å². The number of alkyl halides is 3. The molecule has 20 heavy (non-hydrogen) atoms. The molecule has 1 heterocycles. The summed E-state index contributed by atoms with van der Waals surface area (Å²) >= 11 is 1.79. The number of hydrogen-bond donors (Lipinski definition) is 1. The van der Waals surface area contributed by atoms with Crippen LogP contribution in [0, 0.1) is 3.57 Å². The Labute approximate surface area is 134 Å². The van der Waals surface area contributed by atoms with Crippen LogP contribution in [0.5, 0.6) is 0 Å². The topological polar surface area (TPSA) is 32.3 Å². The zero-order valence-corrected chi connectivity index (χ0v) is 13.3. The summed E-state index contributed by atoms with van der Waals surface area (Å²) in [5.74, 6) is -0.342. The number of nitrogens with zero attached hydrogens (tertiary/aromatic N) is 1. The second kappa shape index (κ2) is 6.95. The monoisotopic (exact) mass is 420 g/mol. The molecule has 3 nitrogen and oxygen atoms in total. The number of piperazine rings is 1. The van der Waals surface area contributed by atoms with Crippen LogP contribution in [-0.2, 0) is 6.18 Å². The molecule has 1 aliphatic heterocycles. The van der Waals surface area contributed by atoms with Crippen molar-refractivity contribution in [2.45, 2.75) is 6.18 Å². The Morgan fingerprint density at radius 1 is 1.20 bits per heavy atom. The Balaban J connectivity index is 0.00000200. The second-order valence-electron chi connectivity index (χ2n) is 4.27. The molecular formula is C12H13ClF3IN2O. The minimum absolute atomic E-state index is 0. The normalized spacial score (nSPS) is 15.7. The molecule has 112 valence electrons. The molecule has 0 radical (unpaired) electrons. The lowest BCUT2D eigenvalue weighted by atomic mass is 10.1. The Bertz CT molecular complexity index is 490. The smallest absolute Gasteiger partial charge is 0.336 e. The van der Waals surface area contributed by atoms with Crippen LogP contribution in [0.4, 0.5) is 13.2 Å². The van der Waals surface area contributed by atoms with Gasteiger partial charge < -0.3 is 10.2 Å². The fourth-order valence-electron chi connectivity index (χ4n) is 1.93. The van der Waals surface area contributed by atoms with Crippen molar-refractivity contribution < 1.29 is 18.0 Å². The van der Waals surface area contributed by atoms with E-state index in [9.17, 15) is 18.0 Å². The highest BCUT2D eigenvalue weighted by Gasteiger charge is 2.32. The Morgan fingerprint density at radius 3 is 2.35 bits per heavy atom. The van der Waals surface area contributed by atoms with Gasteiger partial charge in [0.15, 0.2) is 0 Å². The quantitative estimate of drug-likeness (QED) is 0.709. The third kappa shape index (κ3) is 4.23. The van der Waals surface area contributed by atoms with Gasteiger partial charge in [-0.05, 0) is 40.8 Å². The number of carbonyl (C=O) groups excluding carboxylic acids is 1. The zero-order valence-electron chi connectivity index (χ0n) is 10.3. The van der Waals surface area contributed by atoms with E-state index in [2.05, 4.69) is 5.32 Å². The molecule has 1 N–H and O–H groups in total. The van der Waals surface area contributed by atoms with E-state index in [1.54, 1.807) is 27.5 Å². The third-order valence-electron chi connectivity index (χ3n) is 2.88. The van der Waals surface area contributed by atoms with Crippen LogP contribution in [0.2, 0.25) is 0 Å². The molecule has 0 unspecified atom stereocenters. The lowest BCUT2D eigenvalue weighted by Crippen LogP contribution is -2.46. The zero-order chi connectivity index (χ0) is 14.0. The molecule has 0 atom stereocenters. The molecule has 0 aliphatic carbocycles. The Morgan fingerprint density at radius 2 is 1.80 bits per heavy atom.